The molecular formula is C18H29FN2. The van der Waals surface area contributed by atoms with Crippen molar-refractivity contribution in [2.24, 2.45) is 5.92 Å². The molecule has 2 rings (SSSR count). The molecule has 1 aliphatic heterocycles. The first-order valence-electron chi connectivity index (χ1n) is 8.38. The molecule has 0 aliphatic carbocycles. The number of rotatable bonds is 7. The van der Waals surface area contributed by atoms with Crippen molar-refractivity contribution >= 4 is 0 Å². The van der Waals surface area contributed by atoms with Crippen molar-refractivity contribution in [1.82, 2.24) is 10.2 Å². The Balaban J connectivity index is 1.90. The molecule has 1 aliphatic rings. The fraction of sp³-hybridized carbons (Fsp3) is 0.667. The molecule has 21 heavy (non-hydrogen) atoms. The second-order valence-electron chi connectivity index (χ2n) is 6.39. The molecular weight excluding hydrogens is 263 g/mol. The maximum atomic E-state index is 13.0. The first-order chi connectivity index (χ1) is 10.2. The van der Waals surface area contributed by atoms with Crippen LogP contribution in [0.4, 0.5) is 4.39 Å². The number of hydrogen-bond donors (Lipinski definition) is 1. The molecule has 2 unspecified atom stereocenters. The van der Waals surface area contributed by atoms with Gasteiger partial charge in [0.05, 0.1) is 0 Å². The van der Waals surface area contributed by atoms with Crippen molar-refractivity contribution in [3.63, 3.8) is 0 Å². The number of nitrogens with one attached hydrogen (secondary N) is 1. The zero-order valence-corrected chi connectivity index (χ0v) is 13.4. The average Bonchev–Trinajstić information content (AvgIpc) is 2.50. The van der Waals surface area contributed by atoms with Gasteiger partial charge in [0, 0.05) is 12.6 Å². The number of piperidine rings is 1. The van der Waals surface area contributed by atoms with E-state index < -0.39 is 0 Å². The Morgan fingerprint density at radius 1 is 1.33 bits per heavy atom. The molecule has 1 fully saturated rings. The van der Waals surface area contributed by atoms with E-state index in [2.05, 4.69) is 24.1 Å². The van der Waals surface area contributed by atoms with Gasteiger partial charge in [-0.05, 0) is 75.9 Å². The summed E-state index contributed by atoms with van der Waals surface area (Å²) in [7, 11) is 0. The van der Waals surface area contributed by atoms with Gasteiger partial charge in [0.2, 0.25) is 0 Å². The van der Waals surface area contributed by atoms with Crippen LogP contribution >= 0.6 is 0 Å². The summed E-state index contributed by atoms with van der Waals surface area (Å²) in [4.78, 5) is 2.61. The number of hydrogen-bond acceptors (Lipinski definition) is 2. The first kappa shape index (κ1) is 16.4. The van der Waals surface area contributed by atoms with Gasteiger partial charge in [-0.3, -0.25) is 0 Å². The van der Waals surface area contributed by atoms with Gasteiger partial charge < -0.3 is 10.2 Å². The van der Waals surface area contributed by atoms with Crippen LogP contribution in [0.1, 0.15) is 38.7 Å². The lowest BCUT2D eigenvalue weighted by atomic mass is 9.97. The van der Waals surface area contributed by atoms with Gasteiger partial charge in [-0.2, -0.15) is 0 Å². The highest BCUT2D eigenvalue weighted by Gasteiger charge is 2.20. The quantitative estimate of drug-likeness (QED) is 0.828. The first-order valence-corrected chi connectivity index (χ1v) is 8.38. The predicted molar refractivity (Wildman–Crippen MR) is 87.0 cm³/mol. The van der Waals surface area contributed by atoms with Crippen molar-refractivity contribution in [2.45, 2.75) is 45.6 Å². The second-order valence-corrected chi connectivity index (χ2v) is 6.39. The standard InChI is InChI=1S/C18H29FN2/c1-3-11-21(14-17-5-4-10-20-13-17)15(2)12-16-6-8-18(19)9-7-16/h6-9,15,17,20H,3-5,10-14H2,1-2H3. The van der Waals surface area contributed by atoms with Crippen LogP contribution in [0.3, 0.4) is 0 Å². The normalized spacial score (nSPS) is 20.7. The molecule has 1 N–H and O–H groups in total. The maximum absolute atomic E-state index is 13.0. The minimum atomic E-state index is -0.148. The highest BCUT2D eigenvalue weighted by Crippen LogP contribution is 2.16. The topological polar surface area (TPSA) is 15.3 Å². The number of benzene rings is 1. The lowest BCUT2D eigenvalue weighted by molar-refractivity contribution is 0.161. The molecule has 0 saturated carbocycles. The highest BCUT2D eigenvalue weighted by atomic mass is 19.1. The van der Waals surface area contributed by atoms with Crippen molar-refractivity contribution in [1.29, 1.82) is 0 Å². The van der Waals surface area contributed by atoms with Gasteiger partial charge >= 0.3 is 0 Å². The summed E-state index contributed by atoms with van der Waals surface area (Å²) in [6, 6.07) is 7.47. The Labute approximate surface area is 128 Å². The Kier molecular flexibility index (Phi) is 6.65. The molecule has 1 saturated heterocycles. The molecule has 2 nitrogen and oxygen atoms in total. The van der Waals surface area contributed by atoms with Gasteiger partial charge in [-0.1, -0.05) is 19.1 Å². The van der Waals surface area contributed by atoms with Crippen molar-refractivity contribution in [3.8, 4) is 0 Å². The van der Waals surface area contributed by atoms with E-state index in [4.69, 9.17) is 0 Å². The summed E-state index contributed by atoms with van der Waals surface area (Å²) in [6.07, 6.45) is 4.84. The van der Waals surface area contributed by atoms with E-state index in [1.54, 1.807) is 12.1 Å². The Morgan fingerprint density at radius 3 is 2.71 bits per heavy atom. The van der Waals surface area contributed by atoms with E-state index in [9.17, 15) is 4.39 Å². The van der Waals surface area contributed by atoms with E-state index in [0.29, 0.717) is 6.04 Å². The van der Waals surface area contributed by atoms with Crippen LogP contribution in [0.25, 0.3) is 0 Å². The number of nitrogens with zero attached hydrogens (tertiary/aromatic N) is 1. The minimum Gasteiger partial charge on any atom is -0.316 e. The Hall–Kier alpha value is -0.930. The van der Waals surface area contributed by atoms with E-state index in [-0.39, 0.29) is 5.82 Å². The van der Waals surface area contributed by atoms with Crippen LogP contribution in [0.2, 0.25) is 0 Å². The van der Waals surface area contributed by atoms with E-state index in [0.717, 1.165) is 25.4 Å². The van der Waals surface area contributed by atoms with Crippen molar-refractivity contribution in [3.05, 3.63) is 35.6 Å². The van der Waals surface area contributed by atoms with E-state index in [1.165, 1.54) is 37.9 Å². The Bertz CT molecular complexity index is 398. The van der Waals surface area contributed by atoms with Crippen molar-refractivity contribution < 1.29 is 4.39 Å². The van der Waals surface area contributed by atoms with Crippen LogP contribution in [-0.4, -0.2) is 37.1 Å². The molecule has 0 aromatic heterocycles. The molecule has 1 heterocycles. The lowest BCUT2D eigenvalue weighted by Crippen LogP contribution is -2.43. The van der Waals surface area contributed by atoms with Crippen LogP contribution in [-0.2, 0) is 6.42 Å². The third kappa shape index (κ3) is 5.40. The predicted octanol–water partition coefficient (Wildman–Crippen LogP) is 3.47. The molecule has 0 radical (unpaired) electrons. The zero-order chi connectivity index (χ0) is 15.1. The van der Waals surface area contributed by atoms with Crippen LogP contribution in [0.5, 0.6) is 0 Å². The molecule has 0 amide bonds. The van der Waals surface area contributed by atoms with Gasteiger partial charge in [0.25, 0.3) is 0 Å². The SMILES string of the molecule is CCCN(CC1CCCNC1)C(C)Cc1ccc(F)cc1. The van der Waals surface area contributed by atoms with Crippen LogP contribution < -0.4 is 5.32 Å². The van der Waals surface area contributed by atoms with Crippen LogP contribution in [0.15, 0.2) is 24.3 Å². The average molecular weight is 292 g/mol. The summed E-state index contributed by atoms with van der Waals surface area (Å²) in [5.41, 5.74) is 1.23. The van der Waals surface area contributed by atoms with Gasteiger partial charge in [0.15, 0.2) is 0 Å². The highest BCUT2D eigenvalue weighted by molar-refractivity contribution is 5.17. The van der Waals surface area contributed by atoms with Crippen LogP contribution in [0, 0.1) is 11.7 Å². The lowest BCUT2D eigenvalue weighted by Gasteiger charge is -2.34. The molecule has 2 atom stereocenters. The van der Waals surface area contributed by atoms with Gasteiger partial charge in [0.1, 0.15) is 5.82 Å². The van der Waals surface area contributed by atoms with E-state index >= 15 is 0 Å². The van der Waals surface area contributed by atoms with Gasteiger partial charge in [-0.25, -0.2) is 4.39 Å². The largest absolute Gasteiger partial charge is 0.316 e. The minimum absolute atomic E-state index is 0.148. The molecule has 118 valence electrons. The second kappa shape index (κ2) is 8.50. The fourth-order valence-corrected chi connectivity index (χ4v) is 3.28. The summed E-state index contributed by atoms with van der Waals surface area (Å²) in [5, 5.41) is 3.51. The summed E-state index contributed by atoms with van der Waals surface area (Å²) >= 11 is 0. The summed E-state index contributed by atoms with van der Waals surface area (Å²) in [6.45, 7) is 9.22. The number of halogens is 1. The van der Waals surface area contributed by atoms with Crippen molar-refractivity contribution in [2.75, 3.05) is 26.2 Å². The van der Waals surface area contributed by atoms with E-state index in [1.807, 2.05) is 12.1 Å². The third-order valence-electron chi connectivity index (χ3n) is 4.47. The fourth-order valence-electron chi connectivity index (χ4n) is 3.28. The smallest absolute Gasteiger partial charge is 0.123 e. The summed E-state index contributed by atoms with van der Waals surface area (Å²) in [5.74, 6) is 0.631. The summed E-state index contributed by atoms with van der Waals surface area (Å²) < 4.78 is 13.0. The van der Waals surface area contributed by atoms with Gasteiger partial charge in [-0.15, -0.1) is 0 Å². The monoisotopic (exact) mass is 292 g/mol. The molecule has 1 aromatic carbocycles. The molecule has 0 spiro atoms. The zero-order valence-electron chi connectivity index (χ0n) is 13.4. The maximum Gasteiger partial charge on any atom is 0.123 e. The molecule has 1 aromatic rings. The molecule has 3 heteroatoms. The Morgan fingerprint density at radius 2 is 2.10 bits per heavy atom. The third-order valence-corrected chi connectivity index (χ3v) is 4.47. The molecule has 0 bridgehead atoms.